The van der Waals surface area contributed by atoms with Crippen molar-refractivity contribution in [2.24, 2.45) is 5.10 Å². The zero-order chi connectivity index (χ0) is 26.3. The maximum absolute atomic E-state index is 13.4. The van der Waals surface area contributed by atoms with Gasteiger partial charge in [-0.3, -0.25) is 9.10 Å². The lowest BCUT2D eigenvalue weighted by Crippen LogP contribution is -2.39. The van der Waals surface area contributed by atoms with Crippen LogP contribution < -0.4 is 14.5 Å². The van der Waals surface area contributed by atoms with Crippen LogP contribution in [0.3, 0.4) is 0 Å². The molecule has 0 spiro atoms. The third-order valence-corrected chi connectivity index (χ3v) is 6.78. The number of sulfonamides is 1. The van der Waals surface area contributed by atoms with E-state index in [0.717, 1.165) is 22.1 Å². The van der Waals surface area contributed by atoms with Gasteiger partial charge in [0.05, 0.1) is 29.0 Å². The number of anilines is 1. The van der Waals surface area contributed by atoms with Crippen LogP contribution in [-0.4, -0.2) is 33.7 Å². The number of aryl methyl sites for hydroxylation is 1. The molecule has 3 aromatic carbocycles. The normalized spacial score (nSPS) is 11.9. The number of nitrogens with one attached hydrogen (secondary N) is 1. The predicted molar refractivity (Wildman–Crippen MR) is 131 cm³/mol. The van der Waals surface area contributed by atoms with Gasteiger partial charge in [0.1, 0.15) is 12.3 Å². The van der Waals surface area contributed by atoms with E-state index in [1.54, 1.807) is 31.2 Å². The summed E-state index contributed by atoms with van der Waals surface area (Å²) in [6.45, 7) is 3.37. The number of carbonyl (C=O) groups is 1. The Bertz CT molecular complexity index is 1320. The van der Waals surface area contributed by atoms with E-state index < -0.39 is 34.2 Å². The van der Waals surface area contributed by atoms with Gasteiger partial charge in [0.25, 0.3) is 15.9 Å². The van der Waals surface area contributed by atoms with Gasteiger partial charge in [-0.05, 0) is 56.3 Å². The molecular weight excluding hydrogens is 495 g/mol. The summed E-state index contributed by atoms with van der Waals surface area (Å²) in [5, 5.41) is 3.60. The molecule has 11 heteroatoms. The first-order chi connectivity index (χ1) is 17.0. The Morgan fingerprint density at radius 3 is 2.28 bits per heavy atom. The van der Waals surface area contributed by atoms with Crippen LogP contribution in [0.25, 0.3) is 0 Å². The van der Waals surface area contributed by atoms with Crippen molar-refractivity contribution in [1.29, 1.82) is 0 Å². The SMILES string of the molecule is CCOc1ccc(N(CC(=O)N/N=C\c2ccccc2C(F)(F)F)S(=O)(=O)c2ccc(C)cc2)cc1. The summed E-state index contributed by atoms with van der Waals surface area (Å²) >= 11 is 0. The molecule has 1 N–H and O–H groups in total. The number of amides is 1. The molecule has 0 aliphatic rings. The van der Waals surface area contributed by atoms with E-state index in [9.17, 15) is 26.4 Å². The molecule has 36 heavy (non-hydrogen) atoms. The first-order valence-electron chi connectivity index (χ1n) is 10.8. The second-order valence-corrected chi connectivity index (χ2v) is 9.49. The van der Waals surface area contributed by atoms with Gasteiger partial charge >= 0.3 is 6.18 Å². The molecule has 0 bridgehead atoms. The molecule has 190 valence electrons. The van der Waals surface area contributed by atoms with Gasteiger partial charge in [-0.15, -0.1) is 0 Å². The summed E-state index contributed by atoms with van der Waals surface area (Å²) in [6, 6.07) is 17.0. The summed E-state index contributed by atoms with van der Waals surface area (Å²) in [6.07, 6.45) is -3.74. The predicted octanol–water partition coefficient (Wildman–Crippen LogP) is 4.76. The average Bonchev–Trinajstić information content (AvgIpc) is 2.83. The van der Waals surface area contributed by atoms with Gasteiger partial charge in [-0.25, -0.2) is 13.8 Å². The Morgan fingerprint density at radius 2 is 1.67 bits per heavy atom. The average molecular weight is 520 g/mol. The van der Waals surface area contributed by atoms with Gasteiger partial charge in [0, 0.05) is 5.56 Å². The highest BCUT2D eigenvalue weighted by atomic mass is 32.2. The smallest absolute Gasteiger partial charge is 0.417 e. The van der Waals surface area contributed by atoms with Crippen molar-refractivity contribution in [2.75, 3.05) is 17.5 Å². The van der Waals surface area contributed by atoms with Crippen LogP contribution >= 0.6 is 0 Å². The van der Waals surface area contributed by atoms with Crippen LogP contribution in [-0.2, 0) is 21.0 Å². The molecule has 0 saturated heterocycles. The van der Waals surface area contributed by atoms with Gasteiger partial charge in [-0.1, -0.05) is 35.9 Å². The molecule has 0 aliphatic heterocycles. The van der Waals surface area contributed by atoms with Crippen molar-refractivity contribution in [3.63, 3.8) is 0 Å². The number of hydrazone groups is 1. The third kappa shape index (κ3) is 6.63. The van der Waals surface area contributed by atoms with Crippen molar-refractivity contribution in [2.45, 2.75) is 24.9 Å². The van der Waals surface area contributed by atoms with Crippen molar-refractivity contribution in [3.05, 3.63) is 89.5 Å². The number of ether oxygens (including phenoxy) is 1. The summed E-state index contributed by atoms with van der Waals surface area (Å²) < 4.78 is 72.5. The van der Waals surface area contributed by atoms with Gasteiger partial charge in [0.2, 0.25) is 0 Å². The number of carbonyl (C=O) groups excluding carboxylic acids is 1. The third-order valence-electron chi connectivity index (χ3n) is 4.99. The minimum Gasteiger partial charge on any atom is -0.494 e. The molecule has 0 saturated carbocycles. The highest BCUT2D eigenvalue weighted by molar-refractivity contribution is 7.92. The quantitative estimate of drug-likeness (QED) is 0.326. The van der Waals surface area contributed by atoms with E-state index in [-0.39, 0.29) is 16.1 Å². The number of halogens is 3. The minimum atomic E-state index is -4.60. The van der Waals surface area contributed by atoms with Crippen LogP contribution in [0, 0.1) is 6.92 Å². The summed E-state index contributed by atoms with van der Waals surface area (Å²) in [7, 11) is -4.16. The maximum Gasteiger partial charge on any atom is 0.417 e. The van der Waals surface area contributed by atoms with E-state index in [2.05, 4.69) is 10.5 Å². The Labute approximate surface area is 207 Å². The molecule has 0 radical (unpaired) electrons. The molecule has 0 unspecified atom stereocenters. The van der Waals surface area contributed by atoms with Gasteiger partial charge in [0.15, 0.2) is 0 Å². The molecule has 0 fully saturated rings. The highest BCUT2D eigenvalue weighted by Gasteiger charge is 2.32. The number of rotatable bonds is 9. The van der Waals surface area contributed by atoms with Crippen molar-refractivity contribution in [1.82, 2.24) is 5.43 Å². The standard InChI is InChI=1S/C25H24F3N3O4S/c1-3-35-21-12-10-20(11-13-21)31(36(33,34)22-14-8-18(2)9-15-22)17-24(32)30-29-16-19-6-4-5-7-23(19)25(26,27)28/h4-16H,3,17H2,1-2H3,(H,30,32)/b29-16-. The molecule has 0 heterocycles. The Kier molecular flexibility index (Phi) is 8.36. The maximum atomic E-state index is 13.4. The first kappa shape index (κ1) is 26.7. The van der Waals surface area contributed by atoms with Crippen molar-refractivity contribution in [3.8, 4) is 5.75 Å². The summed E-state index contributed by atoms with van der Waals surface area (Å²) in [5.74, 6) is -0.327. The molecule has 7 nitrogen and oxygen atoms in total. The van der Waals surface area contributed by atoms with Crippen molar-refractivity contribution >= 4 is 27.8 Å². The molecule has 1 amide bonds. The van der Waals surface area contributed by atoms with E-state index in [0.29, 0.717) is 12.4 Å². The van der Waals surface area contributed by atoms with E-state index in [1.807, 2.05) is 6.92 Å². The number of benzene rings is 3. The number of hydrogen-bond donors (Lipinski definition) is 1. The molecule has 3 rings (SSSR count). The number of nitrogens with zero attached hydrogens (tertiary/aromatic N) is 2. The second kappa shape index (κ2) is 11.3. The second-order valence-electron chi connectivity index (χ2n) is 7.63. The largest absolute Gasteiger partial charge is 0.494 e. The Balaban J connectivity index is 1.86. The van der Waals surface area contributed by atoms with Gasteiger partial charge < -0.3 is 4.74 Å². The van der Waals surface area contributed by atoms with E-state index in [1.165, 1.54) is 42.5 Å². The zero-order valence-corrected chi connectivity index (χ0v) is 20.3. The van der Waals surface area contributed by atoms with Crippen LogP contribution in [0.5, 0.6) is 5.75 Å². The fourth-order valence-electron chi connectivity index (χ4n) is 3.24. The lowest BCUT2D eigenvalue weighted by molar-refractivity contribution is -0.137. The van der Waals surface area contributed by atoms with Crippen LogP contribution in [0.1, 0.15) is 23.6 Å². The Morgan fingerprint density at radius 1 is 1.03 bits per heavy atom. The summed E-state index contributed by atoms with van der Waals surface area (Å²) in [4.78, 5) is 12.6. The molecule has 3 aromatic rings. The fourth-order valence-corrected chi connectivity index (χ4v) is 4.66. The monoisotopic (exact) mass is 519 g/mol. The van der Waals surface area contributed by atoms with E-state index in [4.69, 9.17) is 4.74 Å². The number of alkyl halides is 3. The van der Waals surface area contributed by atoms with Crippen LogP contribution in [0.2, 0.25) is 0 Å². The summed E-state index contributed by atoms with van der Waals surface area (Å²) in [5.41, 5.74) is 1.99. The molecular formula is C25H24F3N3O4S. The fraction of sp³-hybridized carbons (Fsp3) is 0.200. The van der Waals surface area contributed by atoms with Crippen molar-refractivity contribution < 1.29 is 31.1 Å². The molecule has 0 aliphatic carbocycles. The van der Waals surface area contributed by atoms with E-state index >= 15 is 0 Å². The minimum absolute atomic E-state index is 0.0302. The lowest BCUT2D eigenvalue weighted by atomic mass is 10.1. The van der Waals surface area contributed by atoms with Gasteiger partial charge in [-0.2, -0.15) is 18.3 Å². The van der Waals surface area contributed by atoms with Crippen LogP contribution in [0.4, 0.5) is 18.9 Å². The first-order valence-corrected chi connectivity index (χ1v) is 12.3. The number of hydrogen-bond acceptors (Lipinski definition) is 5. The molecule has 0 aromatic heterocycles. The lowest BCUT2D eigenvalue weighted by Gasteiger charge is -2.24. The van der Waals surface area contributed by atoms with Crippen LogP contribution in [0.15, 0.2) is 82.8 Å². The Hall–Kier alpha value is -3.86. The molecule has 0 atom stereocenters. The topological polar surface area (TPSA) is 88.1 Å². The zero-order valence-electron chi connectivity index (χ0n) is 19.5. The highest BCUT2D eigenvalue weighted by Crippen LogP contribution is 2.31.